The van der Waals surface area contributed by atoms with E-state index in [-0.39, 0.29) is 38.0 Å². The molecule has 0 aliphatic rings. The normalized spacial score (nSPS) is 9.68. The van der Waals surface area contributed by atoms with Gasteiger partial charge in [-0.15, -0.1) is 0 Å². The molecule has 1 aromatic carbocycles. The zero-order valence-corrected chi connectivity index (χ0v) is 10.8. The summed E-state index contributed by atoms with van der Waals surface area (Å²) < 4.78 is 9.88. The highest BCUT2D eigenvalue weighted by molar-refractivity contribution is 5.72. The molecule has 4 nitrogen and oxygen atoms in total. The van der Waals surface area contributed by atoms with Crippen molar-refractivity contribution in [2.24, 2.45) is 0 Å². The van der Waals surface area contributed by atoms with Crippen molar-refractivity contribution < 1.29 is 19.1 Å². The number of hydrogen-bond donors (Lipinski definition) is 0. The highest BCUT2D eigenvalue weighted by atomic mass is 16.5. The van der Waals surface area contributed by atoms with E-state index in [2.05, 4.69) is 6.58 Å². The van der Waals surface area contributed by atoms with Crippen LogP contribution in [0.25, 0.3) is 0 Å². The second kappa shape index (κ2) is 8.91. The van der Waals surface area contributed by atoms with Gasteiger partial charge in [0.1, 0.15) is 13.2 Å². The molecule has 0 heterocycles. The number of rotatable bonds is 8. The Balaban J connectivity index is 2.11. The monoisotopic (exact) mass is 262 g/mol. The van der Waals surface area contributed by atoms with Crippen LogP contribution in [0, 0.1) is 0 Å². The van der Waals surface area contributed by atoms with E-state index in [4.69, 9.17) is 9.47 Å². The van der Waals surface area contributed by atoms with Crippen molar-refractivity contribution >= 4 is 11.9 Å². The summed E-state index contributed by atoms with van der Waals surface area (Å²) in [5.41, 5.74) is 0.946. The minimum absolute atomic E-state index is 0.206. The zero-order valence-electron chi connectivity index (χ0n) is 10.8. The largest absolute Gasteiger partial charge is 0.461 e. The molecule has 4 heteroatoms. The number of carbonyl (C=O) groups excluding carboxylic acids is 2. The zero-order chi connectivity index (χ0) is 13.9. The molecular weight excluding hydrogens is 244 g/mol. The molecule has 0 saturated heterocycles. The Labute approximate surface area is 113 Å². The van der Waals surface area contributed by atoms with Gasteiger partial charge in [0.2, 0.25) is 0 Å². The molecule has 1 aromatic rings. The minimum atomic E-state index is -0.323. The second-order valence-corrected chi connectivity index (χ2v) is 3.97. The van der Waals surface area contributed by atoms with Gasteiger partial charge in [0, 0.05) is 12.8 Å². The van der Waals surface area contributed by atoms with Crippen molar-refractivity contribution in [2.45, 2.75) is 25.9 Å². The van der Waals surface area contributed by atoms with E-state index in [1.807, 2.05) is 30.3 Å². The average Bonchev–Trinajstić information content (AvgIpc) is 2.44. The van der Waals surface area contributed by atoms with Crippen LogP contribution in [0.2, 0.25) is 0 Å². The van der Waals surface area contributed by atoms with Crippen molar-refractivity contribution in [2.75, 3.05) is 6.61 Å². The molecule has 0 bridgehead atoms. The molecule has 0 N–H and O–H groups in total. The summed E-state index contributed by atoms with van der Waals surface area (Å²) in [4.78, 5) is 22.6. The van der Waals surface area contributed by atoms with Crippen molar-refractivity contribution in [3.05, 3.63) is 48.6 Å². The van der Waals surface area contributed by atoms with Crippen LogP contribution < -0.4 is 0 Å². The van der Waals surface area contributed by atoms with Gasteiger partial charge in [0.25, 0.3) is 0 Å². The number of ether oxygens (including phenoxy) is 2. The van der Waals surface area contributed by atoms with Crippen LogP contribution in [-0.2, 0) is 25.7 Å². The Morgan fingerprint density at radius 3 is 2.32 bits per heavy atom. The predicted octanol–water partition coefficient (Wildman–Crippen LogP) is 2.63. The maximum atomic E-state index is 11.4. The lowest BCUT2D eigenvalue weighted by molar-refractivity contribution is -0.145. The van der Waals surface area contributed by atoms with E-state index < -0.39 is 0 Å². The van der Waals surface area contributed by atoms with E-state index in [1.165, 1.54) is 6.08 Å². The molecule has 0 fully saturated rings. The van der Waals surface area contributed by atoms with Crippen LogP contribution in [0.1, 0.15) is 24.8 Å². The first-order valence-electron chi connectivity index (χ1n) is 6.18. The molecule has 0 spiro atoms. The first-order valence-corrected chi connectivity index (χ1v) is 6.18. The van der Waals surface area contributed by atoms with E-state index in [1.54, 1.807) is 0 Å². The lowest BCUT2D eigenvalue weighted by Gasteiger charge is -2.05. The van der Waals surface area contributed by atoms with Crippen LogP contribution in [-0.4, -0.2) is 18.5 Å². The molecular formula is C15H18O4. The van der Waals surface area contributed by atoms with Gasteiger partial charge < -0.3 is 9.47 Å². The Morgan fingerprint density at radius 2 is 1.68 bits per heavy atom. The standard InChI is InChI=1S/C15H18O4/c1-2-11-18-14(16)9-6-10-15(17)19-12-13-7-4-3-5-8-13/h2-5,7-8H,1,6,9-12H2. The molecule has 0 aliphatic carbocycles. The van der Waals surface area contributed by atoms with Gasteiger partial charge >= 0.3 is 11.9 Å². The molecule has 0 saturated carbocycles. The Hall–Kier alpha value is -2.10. The molecule has 1 rings (SSSR count). The van der Waals surface area contributed by atoms with Crippen LogP contribution in [0.4, 0.5) is 0 Å². The molecule has 0 unspecified atom stereocenters. The van der Waals surface area contributed by atoms with Crippen molar-refractivity contribution in [1.82, 2.24) is 0 Å². The van der Waals surface area contributed by atoms with Gasteiger partial charge in [0.05, 0.1) is 0 Å². The molecule has 0 amide bonds. The lowest BCUT2D eigenvalue weighted by Crippen LogP contribution is -2.08. The number of hydrogen-bond acceptors (Lipinski definition) is 4. The van der Waals surface area contributed by atoms with Crippen LogP contribution in [0.3, 0.4) is 0 Å². The van der Waals surface area contributed by atoms with Gasteiger partial charge in [-0.05, 0) is 12.0 Å². The topological polar surface area (TPSA) is 52.6 Å². The van der Waals surface area contributed by atoms with Crippen LogP contribution in [0.15, 0.2) is 43.0 Å². The Bertz CT molecular complexity index is 411. The van der Waals surface area contributed by atoms with Crippen LogP contribution >= 0.6 is 0 Å². The summed E-state index contributed by atoms with van der Waals surface area (Å²) in [5.74, 6) is -0.629. The third-order valence-corrected chi connectivity index (χ3v) is 2.37. The predicted molar refractivity (Wildman–Crippen MR) is 71.2 cm³/mol. The quantitative estimate of drug-likeness (QED) is 0.534. The first-order chi connectivity index (χ1) is 9.22. The van der Waals surface area contributed by atoms with Gasteiger partial charge in [-0.3, -0.25) is 9.59 Å². The highest BCUT2D eigenvalue weighted by Gasteiger charge is 2.07. The van der Waals surface area contributed by atoms with Gasteiger partial charge in [-0.25, -0.2) is 0 Å². The summed E-state index contributed by atoms with van der Waals surface area (Å²) in [5, 5.41) is 0. The molecule has 19 heavy (non-hydrogen) atoms. The molecule has 0 aliphatic heterocycles. The summed E-state index contributed by atoms with van der Waals surface area (Å²) in [6.45, 7) is 3.91. The maximum absolute atomic E-state index is 11.4. The van der Waals surface area contributed by atoms with Gasteiger partial charge in [-0.1, -0.05) is 43.0 Å². The molecule has 102 valence electrons. The smallest absolute Gasteiger partial charge is 0.306 e. The molecule has 0 atom stereocenters. The lowest BCUT2D eigenvalue weighted by atomic mass is 10.2. The maximum Gasteiger partial charge on any atom is 0.306 e. The summed E-state index contributed by atoms with van der Waals surface area (Å²) in [7, 11) is 0. The third-order valence-electron chi connectivity index (χ3n) is 2.37. The van der Waals surface area contributed by atoms with Gasteiger partial charge in [-0.2, -0.15) is 0 Å². The average molecular weight is 262 g/mol. The molecule has 0 radical (unpaired) electrons. The molecule has 0 aromatic heterocycles. The van der Waals surface area contributed by atoms with Crippen molar-refractivity contribution in [3.63, 3.8) is 0 Å². The fourth-order valence-corrected chi connectivity index (χ4v) is 1.41. The van der Waals surface area contributed by atoms with E-state index in [0.29, 0.717) is 6.42 Å². The summed E-state index contributed by atoms with van der Waals surface area (Å²) >= 11 is 0. The van der Waals surface area contributed by atoms with Crippen LogP contribution in [0.5, 0.6) is 0 Å². The summed E-state index contributed by atoms with van der Waals surface area (Å²) in [6, 6.07) is 9.46. The summed E-state index contributed by atoms with van der Waals surface area (Å²) in [6.07, 6.45) is 2.37. The Kier molecular flexibility index (Phi) is 7.02. The number of benzene rings is 1. The Morgan fingerprint density at radius 1 is 1.05 bits per heavy atom. The third kappa shape index (κ3) is 7.03. The van der Waals surface area contributed by atoms with Crippen molar-refractivity contribution in [3.8, 4) is 0 Å². The minimum Gasteiger partial charge on any atom is -0.461 e. The van der Waals surface area contributed by atoms with E-state index in [0.717, 1.165) is 5.56 Å². The fourth-order valence-electron chi connectivity index (χ4n) is 1.41. The first kappa shape index (κ1) is 15.0. The van der Waals surface area contributed by atoms with Gasteiger partial charge in [0.15, 0.2) is 0 Å². The van der Waals surface area contributed by atoms with E-state index in [9.17, 15) is 9.59 Å². The van der Waals surface area contributed by atoms with E-state index >= 15 is 0 Å². The number of carbonyl (C=O) groups is 2. The van der Waals surface area contributed by atoms with Crippen molar-refractivity contribution in [1.29, 1.82) is 0 Å². The SMILES string of the molecule is C=CCOC(=O)CCCC(=O)OCc1ccccc1. The fraction of sp³-hybridized carbons (Fsp3) is 0.333. The second-order valence-electron chi connectivity index (χ2n) is 3.97. The highest BCUT2D eigenvalue weighted by Crippen LogP contribution is 2.04. The number of esters is 2.